The highest BCUT2D eigenvalue weighted by atomic mass is 35.5. The number of alkyl halides is 3. The molecular formula is C22H11Cl2F3N2O3. The number of hydrogen-bond donors (Lipinski definition) is 1. The van der Waals surface area contributed by atoms with Gasteiger partial charge in [0.15, 0.2) is 0 Å². The SMILES string of the molecule is O=C(O)c1ccc(-c2nn(C(=O)c3c(Cl)cccc3C(F)(F)F)c3ccc(Cl)cc23)cc1. The van der Waals surface area contributed by atoms with Crippen LogP contribution in [0.2, 0.25) is 10.0 Å². The molecule has 0 unspecified atom stereocenters. The summed E-state index contributed by atoms with van der Waals surface area (Å²) >= 11 is 12.1. The largest absolute Gasteiger partial charge is 0.478 e. The van der Waals surface area contributed by atoms with Crippen molar-refractivity contribution in [3.05, 3.63) is 87.4 Å². The lowest BCUT2D eigenvalue weighted by Gasteiger charge is -2.13. The van der Waals surface area contributed by atoms with Gasteiger partial charge in [-0.1, -0.05) is 41.4 Å². The summed E-state index contributed by atoms with van der Waals surface area (Å²) < 4.78 is 41.5. The Hall–Kier alpha value is -3.36. The first-order valence-electron chi connectivity index (χ1n) is 9.00. The highest BCUT2D eigenvalue weighted by molar-refractivity contribution is 6.34. The summed E-state index contributed by atoms with van der Waals surface area (Å²) in [6.45, 7) is 0. The van der Waals surface area contributed by atoms with Gasteiger partial charge in [-0.05, 0) is 42.5 Å². The number of nitrogens with zero attached hydrogens (tertiary/aromatic N) is 2. The summed E-state index contributed by atoms with van der Waals surface area (Å²) in [6, 6.07) is 13.2. The summed E-state index contributed by atoms with van der Waals surface area (Å²) in [5.74, 6) is -2.19. The van der Waals surface area contributed by atoms with Crippen molar-refractivity contribution in [1.82, 2.24) is 9.78 Å². The molecule has 3 aromatic carbocycles. The lowest BCUT2D eigenvalue weighted by atomic mass is 10.1. The molecule has 1 N–H and O–H groups in total. The molecule has 0 radical (unpaired) electrons. The van der Waals surface area contributed by atoms with Gasteiger partial charge in [-0.2, -0.15) is 23.0 Å². The van der Waals surface area contributed by atoms with E-state index in [1.54, 1.807) is 0 Å². The number of hydrogen-bond acceptors (Lipinski definition) is 3. The fourth-order valence-electron chi connectivity index (χ4n) is 3.31. The average molecular weight is 479 g/mol. The second kappa shape index (κ2) is 7.96. The van der Waals surface area contributed by atoms with Crippen LogP contribution < -0.4 is 0 Å². The zero-order chi connectivity index (χ0) is 23.2. The van der Waals surface area contributed by atoms with Gasteiger partial charge in [0.25, 0.3) is 5.91 Å². The lowest BCUT2D eigenvalue weighted by molar-refractivity contribution is -0.137. The lowest BCUT2D eigenvalue weighted by Crippen LogP contribution is -2.20. The third-order valence-corrected chi connectivity index (χ3v) is 5.32. The van der Waals surface area contributed by atoms with Crippen LogP contribution in [0.5, 0.6) is 0 Å². The van der Waals surface area contributed by atoms with Crippen molar-refractivity contribution in [3.63, 3.8) is 0 Å². The summed E-state index contributed by atoms with van der Waals surface area (Å²) in [5, 5.41) is 13.7. The van der Waals surface area contributed by atoms with Crippen molar-refractivity contribution in [3.8, 4) is 11.3 Å². The summed E-state index contributed by atoms with van der Waals surface area (Å²) in [4.78, 5) is 24.3. The standard InChI is InChI=1S/C22H11Cl2F3N2O3/c23-13-8-9-17-14(10-13)19(11-4-6-12(7-5-11)21(31)32)28-29(17)20(30)18-15(22(25,26)27)2-1-3-16(18)24/h1-10H,(H,31,32). The van der Waals surface area contributed by atoms with Crippen molar-refractivity contribution in [2.75, 3.05) is 0 Å². The molecule has 0 atom stereocenters. The zero-order valence-corrected chi connectivity index (χ0v) is 17.3. The number of carboxylic acid groups (broad SMARTS) is 1. The number of rotatable bonds is 3. The van der Waals surface area contributed by atoms with Crippen LogP contribution in [0.4, 0.5) is 13.2 Å². The van der Waals surface area contributed by atoms with Gasteiger partial charge in [0.05, 0.1) is 27.2 Å². The fraction of sp³-hybridized carbons (Fsp3) is 0.0455. The van der Waals surface area contributed by atoms with Crippen LogP contribution in [-0.4, -0.2) is 26.8 Å². The molecule has 0 saturated heterocycles. The molecule has 0 bridgehead atoms. The first-order valence-corrected chi connectivity index (χ1v) is 9.76. The number of carboxylic acids is 1. The van der Waals surface area contributed by atoms with E-state index >= 15 is 0 Å². The molecule has 0 spiro atoms. The van der Waals surface area contributed by atoms with E-state index in [2.05, 4.69) is 5.10 Å². The molecule has 1 heterocycles. The minimum absolute atomic E-state index is 0.0393. The molecule has 0 aliphatic heterocycles. The molecule has 32 heavy (non-hydrogen) atoms. The molecule has 0 saturated carbocycles. The van der Waals surface area contributed by atoms with Crippen LogP contribution in [0.25, 0.3) is 22.2 Å². The Morgan fingerprint density at radius 2 is 1.66 bits per heavy atom. The van der Waals surface area contributed by atoms with Gasteiger partial charge >= 0.3 is 12.1 Å². The van der Waals surface area contributed by atoms with E-state index in [4.69, 9.17) is 28.3 Å². The fourth-order valence-corrected chi connectivity index (χ4v) is 3.74. The van der Waals surface area contributed by atoms with Gasteiger partial charge in [-0.15, -0.1) is 0 Å². The highest BCUT2D eigenvalue weighted by Gasteiger charge is 2.37. The average Bonchev–Trinajstić information content (AvgIpc) is 3.11. The van der Waals surface area contributed by atoms with Gasteiger partial charge in [-0.3, -0.25) is 4.79 Å². The second-order valence-corrected chi connectivity index (χ2v) is 7.61. The van der Waals surface area contributed by atoms with E-state index < -0.39 is 29.2 Å². The molecule has 4 aromatic rings. The van der Waals surface area contributed by atoms with Gasteiger partial charge in [0, 0.05) is 16.0 Å². The van der Waals surface area contributed by atoms with Gasteiger partial charge in [0.2, 0.25) is 0 Å². The maximum atomic E-state index is 13.5. The van der Waals surface area contributed by atoms with E-state index in [0.29, 0.717) is 16.0 Å². The first-order chi connectivity index (χ1) is 15.1. The zero-order valence-electron chi connectivity index (χ0n) is 15.8. The number of carbonyl (C=O) groups is 2. The van der Waals surface area contributed by atoms with Crippen molar-refractivity contribution < 1.29 is 27.9 Å². The number of fused-ring (bicyclic) bond motifs is 1. The smallest absolute Gasteiger partial charge is 0.417 e. The van der Waals surface area contributed by atoms with Gasteiger partial charge < -0.3 is 5.11 Å². The summed E-state index contributed by atoms with van der Waals surface area (Å²) in [7, 11) is 0. The molecule has 1 aromatic heterocycles. The van der Waals surface area contributed by atoms with Gasteiger partial charge in [-0.25, -0.2) is 4.79 Å². The minimum atomic E-state index is -4.81. The Labute approximate surface area is 188 Å². The maximum Gasteiger partial charge on any atom is 0.417 e. The first kappa shape index (κ1) is 21.9. The summed E-state index contributed by atoms with van der Waals surface area (Å²) in [6.07, 6.45) is -4.81. The predicted molar refractivity (Wildman–Crippen MR) is 113 cm³/mol. The molecule has 0 aliphatic rings. The van der Waals surface area contributed by atoms with Crippen LogP contribution in [0, 0.1) is 0 Å². The van der Waals surface area contributed by atoms with E-state index in [1.165, 1.54) is 48.5 Å². The number of halogens is 5. The van der Waals surface area contributed by atoms with Crippen LogP contribution in [0.3, 0.4) is 0 Å². The Morgan fingerprint density at radius 3 is 2.28 bits per heavy atom. The Bertz CT molecular complexity index is 1380. The van der Waals surface area contributed by atoms with Crippen LogP contribution in [-0.2, 0) is 6.18 Å². The molecule has 10 heteroatoms. The second-order valence-electron chi connectivity index (χ2n) is 6.77. The third kappa shape index (κ3) is 3.83. The third-order valence-electron chi connectivity index (χ3n) is 4.77. The normalized spacial score (nSPS) is 11.7. The molecule has 162 valence electrons. The van der Waals surface area contributed by atoms with Crippen LogP contribution >= 0.6 is 23.2 Å². The monoisotopic (exact) mass is 478 g/mol. The molecule has 5 nitrogen and oxygen atoms in total. The Morgan fingerprint density at radius 1 is 0.969 bits per heavy atom. The molecule has 0 fully saturated rings. The number of aromatic carboxylic acids is 1. The number of benzene rings is 3. The van der Waals surface area contributed by atoms with Crippen molar-refractivity contribution in [2.24, 2.45) is 0 Å². The van der Waals surface area contributed by atoms with E-state index in [1.807, 2.05) is 0 Å². The van der Waals surface area contributed by atoms with Crippen LogP contribution in [0.1, 0.15) is 26.3 Å². The summed E-state index contributed by atoms with van der Waals surface area (Å²) in [5.41, 5.74) is -0.964. The van der Waals surface area contributed by atoms with E-state index in [0.717, 1.165) is 16.8 Å². The highest BCUT2D eigenvalue weighted by Crippen LogP contribution is 2.37. The Kier molecular flexibility index (Phi) is 5.44. The molecule has 0 aliphatic carbocycles. The van der Waals surface area contributed by atoms with E-state index in [9.17, 15) is 22.8 Å². The topological polar surface area (TPSA) is 72.2 Å². The van der Waals surface area contributed by atoms with Crippen LogP contribution in [0.15, 0.2) is 60.7 Å². The Balaban J connectivity index is 1.94. The molecular weight excluding hydrogens is 468 g/mol. The van der Waals surface area contributed by atoms with Crippen molar-refractivity contribution in [1.29, 1.82) is 0 Å². The quantitative estimate of drug-likeness (QED) is 0.368. The predicted octanol–water partition coefficient (Wildman–Crippen LogP) is 6.42. The molecule has 4 rings (SSSR count). The maximum absolute atomic E-state index is 13.5. The van der Waals surface area contributed by atoms with E-state index in [-0.39, 0.29) is 21.8 Å². The number of aromatic nitrogens is 2. The van der Waals surface area contributed by atoms with Crippen molar-refractivity contribution >= 4 is 46.0 Å². The van der Waals surface area contributed by atoms with Crippen molar-refractivity contribution in [2.45, 2.75) is 6.18 Å². The molecule has 0 amide bonds. The van der Waals surface area contributed by atoms with Gasteiger partial charge in [0.1, 0.15) is 5.69 Å². The minimum Gasteiger partial charge on any atom is -0.478 e. The number of carbonyl (C=O) groups excluding carboxylic acids is 1.